The van der Waals surface area contributed by atoms with Crippen molar-refractivity contribution >= 4 is 0 Å². The van der Waals surface area contributed by atoms with E-state index in [-0.39, 0.29) is 11.5 Å². The maximum Gasteiger partial charge on any atom is 0.156 e. The van der Waals surface area contributed by atoms with Crippen molar-refractivity contribution in [1.82, 2.24) is 9.97 Å². The zero-order valence-corrected chi connectivity index (χ0v) is 14.3. The summed E-state index contributed by atoms with van der Waals surface area (Å²) in [6, 6.07) is 0. The van der Waals surface area contributed by atoms with Crippen LogP contribution in [0.1, 0.15) is 39.4 Å². The molecule has 1 aliphatic rings. The van der Waals surface area contributed by atoms with E-state index in [0.717, 1.165) is 37.4 Å². The highest BCUT2D eigenvalue weighted by Crippen LogP contribution is 2.31. The number of ether oxygens (including phenoxy) is 3. The highest BCUT2D eigenvalue weighted by molar-refractivity contribution is 5.14. The summed E-state index contributed by atoms with van der Waals surface area (Å²) in [5, 5.41) is 0. The molecule has 1 atom stereocenters. The van der Waals surface area contributed by atoms with E-state index < -0.39 is 0 Å². The quantitative estimate of drug-likeness (QED) is 0.739. The second kappa shape index (κ2) is 7.38. The van der Waals surface area contributed by atoms with Gasteiger partial charge in [0.15, 0.2) is 5.75 Å². The Kier molecular flexibility index (Phi) is 5.75. The topological polar surface area (TPSA) is 53.5 Å². The number of hydrogen-bond acceptors (Lipinski definition) is 5. The SMILES string of the molecule is COCC(C)C(C)(C)Cc1ncc(OC2CC(OC)C2)cn1. The molecule has 0 spiro atoms. The fourth-order valence-corrected chi connectivity index (χ4v) is 2.55. The molecule has 1 unspecified atom stereocenters. The van der Waals surface area contributed by atoms with Gasteiger partial charge in [-0.3, -0.25) is 0 Å². The molecular weight excluding hydrogens is 280 g/mol. The van der Waals surface area contributed by atoms with E-state index in [1.807, 2.05) is 0 Å². The van der Waals surface area contributed by atoms with Crippen LogP contribution in [0.4, 0.5) is 0 Å². The zero-order chi connectivity index (χ0) is 16.2. The van der Waals surface area contributed by atoms with Crippen LogP contribution in [0.5, 0.6) is 5.75 Å². The molecule has 2 rings (SSSR count). The van der Waals surface area contributed by atoms with Crippen molar-refractivity contribution in [3.8, 4) is 5.75 Å². The van der Waals surface area contributed by atoms with Crippen molar-refractivity contribution in [1.29, 1.82) is 0 Å². The molecular formula is C17H28N2O3. The maximum atomic E-state index is 5.83. The Bertz CT molecular complexity index is 455. The Morgan fingerprint density at radius 2 is 1.82 bits per heavy atom. The first-order valence-corrected chi connectivity index (χ1v) is 7.94. The zero-order valence-electron chi connectivity index (χ0n) is 14.3. The number of methoxy groups -OCH3 is 2. The van der Waals surface area contributed by atoms with E-state index in [1.165, 1.54) is 0 Å². The Hall–Kier alpha value is -1.20. The Morgan fingerprint density at radius 3 is 2.36 bits per heavy atom. The molecule has 0 amide bonds. The van der Waals surface area contributed by atoms with Crippen LogP contribution in [0.15, 0.2) is 12.4 Å². The third kappa shape index (κ3) is 4.40. The lowest BCUT2D eigenvalue weighted by Gasteiger charge is -2.34. The van der Waals surface area contributed by atoms with Gasteiger partial charge < -0.3 is 14.2 Å². The summed E-state index contributed by atoms with van der Waals surface area (Å²) in [6.45, 7) is 7.40. The van der Waals surface area contributed by atoms with Gasteiger partial charge in [-0.15, -0.1) is 0 Å². The lowest BCUT2D eigenvalue weighted by molar-refractivity contribution is -0.0383. The molecule has 0 radical (unpaired) electrons. The van der Waals surface area contributed by atoms with Gasteiger partial charge in [0.05, 0.1) is 18.5 Å². The molecule has 5 heteroatoms. The van der Waals surface area contributed by atoms with Crippen LogP contribution in [0.3, 0.4) is 0 Å². The highest BCUT2D eigenvalue weighted by atomic mass is 16.5. The van der Waals surface area contributed by atoms with Gasteiger partial charge in [-0.05, 0) is 11.3 Å². The van der Waals surface area contributed by atoms with Gasteiger partial charge in [-0.2, -0.15) is 0 Å². The first kappa shape index (κ1) is 17.2. The smallest absolute Gasteiger partial charge is 0.156 e. The van der Waals surface area contributed by atoms with Crippen LogP contribution >= 0.6 is 0 Å². The predicted molar refractivity (Wildman–Crippen MR) is 85.0 cm³/mol. The van der Waals surface area contributed by atoms with Crippen molar-refractivity contribution in [3.63, 3.8) is 0 Å². The number of hydrogen-bond donors (Lipinski definition) is 0. The normalized spacial score (nSPS) is 23.0. The van der Waals surface area contributed by atoms with Crippen molar-refractivity contribution in [2.24, 2.45) is 11.3 Å². The summed E-state index contributed by atoms with van der Waals surface area (Å²) in [5.41, 5.74) is 0.0953. The van der Waals surface area contributed by atoms with Crippen molar-refractivity contribution in [2.45, 2.75) is 52.2 Å². The maximum absolute atomic E-state index is 5.83. The summed E-state index contributed by atoms with van der Waals surface area (Å²) in [7, 11) is 3.48. The molecule has 0 N–H and O–H groups in total. The second-order valence-electron chi connectivity index (χ2n) is 6.93. The summed E-state index contributed by atoms with van der Waals surface area (Å²) in [5.74, 6) is 2.03. The Morgan fingerprint density at radius 1 is 1.18 bits per heavy atom. The van der Waals surface area contributed by atoms with Crippen LogP contribution in [0.25, 0.3) is 0 Å². The lowest BCUT2D eigenvalue weighted by Crippen LogP contribution is -2.38. The van der Waals surface area contributed by atoms with Crippen molar-refractivity contribution in [3.05, 3.63) is 18.2 Å². The van der Waals surface area contributed by atoms with Gasteiger partial charge >= 0.3 is 0 Å². The highest BCUT2D eigenvalue weighted by Gasteiger charge is 2.31. The monoisotopic (exact) mass is 308 g/mol. The average molecular weight is 308 g/mol. The van der Waals surface area contributed by atoms with E-state index in [0.29, 0.717) is 12.0 Å². The molecule has 0 aromatic carbocycles. The fraction of sp³-hybridized carbons (Fsp3) is 0.765. The minimum absolute atomic E-state index is 0.0953. The van der Waals surface area contributed by atoms with E-state index in [4.69, 9.17) is 14.2 Å². The molecule has 1 aliphatic carbocycles. The van der Waals surface area contributed by atoms with E-state index in [2.05, 4.69) is 30.7 Å². The molecule has 1 aromatic heterocycles. The number of rotatable bonds is 8. The third-order valence-corrected chi connectivity index (χ3v) is 4.73. The molecule has 5 nitrogen and oxygen atoms in total. The van der Waals surface area contributed by atoms with E-state index >= 15 is 0 Å². The van der Waals surface area contributed by atoms with Gasteiger partial charge in [0.25, 0.3) is 0 Å². The Labute approximate surface area is 133 Å². The minimum Gasteiger partial charge on any atom is -0.487 e. The van der Waals surface area contributed by atoms with E-state index in [1.54, 1.807) is 26.6 Å². The van der Waals surface area contributed by atoms with Crippen LogP contribution < -0.4 is 4.74 Å². The van der Waals surface area contributed by atoms with Crippen LogP contribution in [-0.2, 0) is 15.9 Å². The molecule has 0 aliphatic heterocycles. The van der Waals surface area contributed by atoms with Gasteiger partial charge in [0.1, 0.15) is 11.9 Å². The van der Waals surface area contributed by atoms with Crippen molar-refractivity contribution < 1.29 is 14.2 Å². The fourth-order valence-electron chi connectivity index (χ4n) is 2.55. The molecule has 0 saturated heterocycles. The molecule has 1 aromatic rings. The number of nitrogens with zero attached hydrogens (tertiary/aromatic N) is 2. The first-order valence-electron chi connectivity index (χ1n) is 7.94. The predicted octanol–water partition coefficient (Wildman–Crippen LogP) is 2.88. The molecule has 0 bridgehead atoms. The first-order chi connectivity index (χ1) is 10.4. The van der Waals surface area contributed by atoms with Crippen LogP contribution in [0, 0.1) is 11.3 Å². The summed E-state index contributed by atoms with van der Waals surface area (Å²) >= 11 is 0. The molecule has 1 fully saturated rings. The molecule has 1 heterocycles. The summed E-state index contributed by atoms with van der Waals surface area (Å²) in [4.78, 5) is 8.90. The van der Waals surface area contributed by atoms with Crippen LogP contribution in [0.2, 0.25) is 0 Å². The molecule has 1 saturated carbocycles. The third-order valence-electron chi connectivity index (χ3n) is 4.73. The Balaban J connectivity index is 1.86. The van der Waals surface area contributed by atoms with Crippen LogP contribution in [-0.4, -0.2) is 43.0 Å². The van der Waals surface area contributed by atoms with Gasteiger partial charge in [-0.1, -0.05) is 20.8 Å². The van der Waals surface area contributed by atoms with Gasteiger partial charge in [0, 0.05) is 40.1 Å². The lowest BCUT2D eigenvalue weighted by atomic mass is 9.77. The van der Waals surface area contributed by atoms with Gasteiger partial charge in [-0.25, -0.2) is 9.97 Å². The molecule has 124 valence electrons. The molecule has 22 heavy (non-hydrogen) atoms. The largest absolute Gasteiger partial charge is 0.487 e. The van der Waals surface area contributed by atoms with E-state index in [9.17, 15) is 0 Å². The second-order valence-corrected chi connectivity index (χ2v) is 6.93. The van der Waals surface area contributed by atoms with Gasteiger partial charge in [0.2, 0.25) is 0 Å². The van der Waals surface area contributed by atoms with Crippen molar-refractivity contribution in [2.75, 3.05) is 20.8 Å². The number of aromatic nitrogens is 2. The minimum atomic E-state index is 0.0953. The average Bonchev–Trinajstić information content (AvgIpc) is 2.44. The summed E-state index contributed by atoms with van der Waals surface area (Å²) in [6.07, 6.45) is 6.84. The summed E-state index contributed by atoms with van der Waals surface area (Å²) < 4.78 is 16.3. The standard InChI is InChI=1S/C17H28N2O3/c1-12(11-20-4)17(2,3)8-16-18-9-15(10-19-16)22-14-6-13(7-14)21-5/h9-10,12-14H,6-8,11H2,1-5H3.